The second kappa shape index (κ2) is 7.64. The van der Waals surface area contributed by atoms with Crippen LogP contribution in [0.5, 0.6) is 5.75 Å². The second-order valence-electron chi connectivity index (χ2n) is 5.57. The lowest BCUT2D eigenvalue weighted by Gasteiger charge is -2.12. The molecular weight excluding hydrogens is 332 g/mol. The van der Waals surface area contributed by atoms with Gasteiger partial charge in [-0.05, 0) is 32.9 Å². The zero-order valence-corrected chi connectivity index (χ0v) is 14.9. The molecule has 0 fully saturated rings. The van der Waals surface area contributed by atoms with Crippen LogP contribution < -0.4 is 15.4 Å². The van der Waals surface area contributed by atoms with Crippen molar-refractivity contribution in [1.82, 2.24) is 19.5 Å². The predicted molar refractivity (Wildman–Crippen MR) is 98.9 cm³/mol. The van der Waals surface area contributed by atoms with Crippen LogP contribution in [0.4, 0.5) is 16.2 Å². The lowest BCUT2D eigenvalue weighted by Crippen LogP contribution is -2.20. The third-order valence-electron chi connectivity index (χ3n) is 3.80. The minimum atomic E-state index is -0.400. The molecule has 8 nitrogen and oxygen atoms in total. The number of imidazole rings is 1. The first-order valence-corrected chi connectivity index (χ1v) is 8.21. The maximum absolute atomic E-state index is 12.2. The van der Waals surface area contributed by atoms with Crippen LogP contribution in [0.3, 0.4) is 0 Å². The quantitative estimate of drug-likeness (QED) is 0.734. The van der Waals surface area contributed by atoms with E-state index in [0.717, 1.165) is 11.4 Å². The maximum Gasteiger partial charge on any atom is 0.323 e. The number of nitrogens with one attached hydrogen (secondary N) is 2. The second-order valence-corrected chi connectivity index (χ2v) is 5.57. The van der Waals surface area contributed by atoms with Crippen LogP contribution in [0, 0.1) is 13.8 Å². The van der Waals surface area contributed by atoms with Gasteiger partial charge >= 0.3 is 6.03 Å². The monoisotopic (exact) mass is 352 g/mol. The molecule has 2 amide bonds. The van der Waals surface area contributed by atoms with Crippen LogP contribution in [-0.2, 0) is 0 Å². The molecule has 0 atom stereocenters. The van der Waals surface area contributed by atoms with Crippen LogP contribution in [0.25, 0.3) is 5.95 Å². The first-order valence-electron chi connectivity index (χ1n) is 8.21. The van der Waals surface area contributed by atoms with Gasteiger partial charge in [0.1, 0.15) is 12.1 Å². The Bertz CT molecular complexity index is 904. The number of rotatable bonds is 5. The summed E-state index contributed by atoms with van der Waals surface area (Å²) in [5.41, 5.74) is 2.96. The Labute approximate surface area is 151 Å². The number of ether oxygens (including phenoxy) is 1. The normalized spacial score (nSPS) is 10.4. The lowest BCUT2D eigenvalue weighted by molar-refractivity contribution is 0.262. The highest BCUT2D eigenvalue weighted by Gasteiger charge is 2.10. The third kappa shape index (κ3) is 3.80. The summed E-state index contributed by atoms with van der Waals surface area (Å²) >= 11 is 0. The molecule has 2 aromatic heterocycles. The summed E-state index contributed by atoms with van der Waals surface area (Å²) < 4.78 is 7.28. The van der Waals surface area contributed by atoms with Gasteiger partial charge in [-0.3, -0.25) is 4.57 Å². The van der Waals surface area contributed by atoms with E-state index in [9.17, 15) is 4.79 Å². The van der Waals surface area contributed by atoms with E-state index < -0.39 is 6.03 Å². The van der Waals surface area contributed by atoms with E-state index in [2.05, 4.69) is 25.6 Å². The van der Waals surface area contributed by atoms with Gasteiger partial charge in [-0.1, -0.05) is 12.1 Å². The minimum absolute atomic E-state index is 0.400. The summed E-state index contributed by atoms with van der Waals surface area (Å²) in [6.45, 7) is 6.27. The van der Waals surface area contributed by atoms with Gasteiger partial charge in [0.15, 0.2) is 0 Å². The van der Waals surface area contributed by atoms with Gasteiger partial charge in [-0.2, -0.15) is 0 Å². The van der Waals surface area contributed by atoms with Crippen molar-refractivity contribution in [2.75, 3.05) is 17.2 Å². The number of urea groups is 1. The van der Waals surface area contributed by atoms with E-state index in [1.807, 2.05) is 32.9 Å². The first kappa shape index (κ1) is 17.4. The predicted octanol–water partition coefficient (Wildman–Crippen LogP) is 3.32. The topological polar surface area (TPSA) is 94.0 Å². The fourth-order valence-corrected chi connectivity index (χ4v) is 2.35. The first-order chi connectivity index (χ1) is 12.6. The third-order valence-corrected chi connectivity index (χ3v) is 3.80. The molecule has 3 aromatic rings. The van der Waals surface area contributed by atoms with Crippen LogP contribution in [0.2, 0.25) is 0 Å². The fourth-order valence-electron chi connectivity index (χ4n) is 2.35. The molecule has 134 valence electrons. The molecule has 0 aliphatic rings. The van der Waals surface area contributed by atoms with Crippen molar-refractivity contribution in [3.8, 4) is 11.7 Å². The van der Waals surface area contributed by atoms with Crippen LogP contribution >= 0.6 is 0 Å². The molecule has 0 spiro atoms. The summed E-state index contributed by atoms with van der Waals surface area (Å²) in [5.74, 6) is 1.11. The van der Waals surface area contributed by atoms with Gasteiger partial charge in [0.25, 0.3) is 0 Å². The lowest BCUT2D eigenvalue weighted by atomic mass is 10.3. The van der Waals surface area contributed by atoms with Gasteiger partial charge in [0.2, 0.25) is 5.95 Å². The van der Waals surface area contributed by atoms with Gasteiger partial charge < -0.3 is 15.4 Å². The van der Waals surface area contributed by atoms with E-state index >= 15 is 0 Å². The van der Waals surface area contributed by atoms with Crippen molar-refractivity contribution < 1.29 is 9.53 Å². The number of amides is 2. The summed E-state index contributed by atoms with van der Waals surface area (Å²) in [5, 5.41) is 5.46. The Morgan fingerprint density at radius 1 is 1.12 bits per heavy atom. The fraction of sp³-hybridized carbons (Fsp3) is 0.222. The molecular formula is C18H20N6O2. The maximum atomic E-state index is 12.2. The number of aryl methyl sites for hydroxylation is 1. The molecule has 0 saturated heterocycles. The summed E-state index contributed by atoms with van der Waals surface area (Å²) in [7, 11) is 0. The molecule has 3 rings (SSSR count). The van der Waals surface area contributed by atoms with Gasteiger partial charge in [-0.25, -0.2) is 19.7 Å². The van der Waals surface area contributed by atoms with E-state index in [1.54, 1.807) is 35.4 Å². The zero-order valence-electron chi connectivity index (χ0n) is 14.9. The smallest absolute Gasteiger partial charge is 0.323 e. The number of nitrogens with zero attached hydrogens (tertiary/aromatic N) is 4. The van der Waals surface area contributed by atoms with Crippen LogP contribution in [0.1, 0.15) is 18.3 Å². The van der Waals surface area contributed by atoms with Crippen molar-refractivity contribution >= 4 is 17.4 Å². The van der Waals surface area contributed by atoms with Gasteiger partial charge in [0, 0.05) is 5.69 Å². The molecule has 0 unspecified atom stereocenters. The molecule has 26 heavy (non-hydrogen) atoms. The molecule has 8 heteroatoms. The Morgan fingerprint density at radius 2 is 1.85 bits per heavy atom. The number of hydrogen-bond donors (Lipinski definition) is 2. The summed E-state index contributed by atoms with van der Waals surface area (Å²) in [6, 6.07) is 6.84. The Hall–Kier alpha value is -3.42. The molecule has 0 bridgehead atoms. The van der Waals surface area contributed by atoms with Crippen LogP contribution in [0.15, 0.2) is 43.0 Å². The van der Waals surface area contributed by atoms with Crippen molar-refractivity contribution in [2.24, 2.45) is 0 Å². The number of anilines is 2. The number of carbonyl (C=O) groups excluding carboxylic acids is 1. The average molecular weight is 352 g/mol. The van der Waals surface area contributed by atoms with Crippen molar-refractivity contribution in [2.45, 2.75) is 20.8 Å². The largest absolute Gasteiger partial charge is 0.492 e. The highest BCUT2D eigenvalue weighted by Crippen LogP contribution is 2.23. The van der Waals surface area contributed by atoms with E-state index in [0.29, 0.717) is 29.7 Å². The summed E-state index contributed by atoms with van der Waals surface area (Å²) in [4.78, 5) is 25.0. The van der Waals surface area contributed by atoms with Crippen molar-refractivity contribution in [3.05, 3.63) is 54.4 Å². The Kier molecular flexibility index (Phi) is 5.12. The molecule has 2 heterocycles. The number of benzene rings is 1. The highest BCUT2D eigenvalue weighted by molar-refractivity contribution is 6.00. The van der Waals surface area contributed by atoms with Gasteiger partial charge in [-0.15, -0.1) is 0 Å². The molecule has 0 aliphatic carbocycles. The zero-order chi connectivity index (χ0) is 18.5. The van der Waals surface area contributed by atoms with Crippen molar-refractivity contribution in [1.29, 1.82) is 0 Å². The molecule has 0 aliphatic heterocycles. The number of carbonyl (C=O) groups is 1. The standard InChI is InChI=1S/C18H20N6O2/c1-4-26-16-8-6-5-7-15(16)23-18(25)22-14-9-19-17(20-10-14)24-11-21-12(2)13(24)3/h5-11H,4H2,1-3H3,(H2,22,23,25). The van der Waals surface area contributed by atoms with E-state index in [-0.39, 0.29) is 0 Å². The van der Waals surface area contributed by atoms with E-state index in [4.69, 9.17) is 4.74 Å². The van der Waals surface area contributed by atoms with Crippen molar-refractivity contribution in [3.63, 3.8) is 0 Å². The number of aromatic nitrogens is 4. The highest BCUT2D eigenvalue weighted by atomic mass is 16.5. The van der Waals surface area contributed by atoms with Gasteiger partial charge in [0.05, 0.1) is 36.1 Å². The van der Waals surface area contributed by atoms with Crippen LogP contribution in [-0.4, -0.2) is 32.2 Å². The summed E-state index contributed by atoms with van der Waals surface area (Å²) in [6.07, 6.45) is 4.76. The number of para-hydroxylation sites is 2. The number of hydrogen-bond acceptors (Lipinski definition) is 5. The molecule has 0 radical (unpaired) electrons. The average Bonchev–Trinajstić information content (AvgIpc) is 2.97. The Balaban J connectivity index is 1.68. The van der Waals surface area contributed by atoms with E-state index in [1.165, 1.54) is 0 Å². The minimum Gasteiger partial charge on any atom is -0.492 e. The molecule has 2 N–H and O–H groups in total. The Morgan fingerprint density at radius 3 is 2.50 bits per heavy atom. The SMILES string of the molecule is CCOc1ccccc1NC(=O)Nc1cnc(-n2cnc(C)c2C)nc1. The molecule has 1 aromatic carbocycles. The molecule has 0 saturated carbocycles.